The Morgan fingerprint density at radius 1 is 1.45 bits per heavy atom. The predicted octanol–water partition coefficient (Wildman–Crippen LogP) is 1.41. The first-order valence-electron chi connectivity index (χ1n) is 4.38. The summed E-state index contributed by atoms with van der Waals surface area (Å²) < 4.78 is 0. The highest BCUT2D eigenvalue weighted by atomic mass is 16.1. The first-order chi connectivity index (χ1) is 5.11. The molecule has 0 radical (unpaired) electrons. The van der Waals surface area contributed by atoms with E-state index in [9.17, 15) is 4.79 Å². The van der Waals surface area contributed by atoms with Gasteiger partial charge in [0.05, 0.1) is 0 Å². The molecule has 1 fully saturated rings. The summed E-state index contributed by atoms with van der Waals surface area (Å²) in [4.78, 5) is 10.9. The van der Waals surface area contributed by atoms with Crippen LogP contribution in [-0.2, 0) is 4.79 Å². The molecule has 0 bridgehead atoms. The van der Waals surface area contributed by atoms with Gasteiger partial charge in [-0.15, -0.1) is 0 Å². The molecule has 0 aromatic carbocycles. The van der Waals surface area contributed by atoms with Crippen LogP contribution in [0, 0.1) is 17.8 Å². The standard InChI is InChI=1S/C9H17NO/c1-6(2)7(3)8-4-9(11)10-5-8/h6-8H,4-5H2,1-3H3,(H,10,11)/t7?,8-/m0/s1. The van der Waals surface area contributed by atoms with E-state index in [1.54, 1.807) is 0 Å². The van der Waals surface area contributed by atoms with Crippen molar-refractivity contribution in [3.63, 3.8) is 0 Å². The molecule has 0 aromatic rings. The van der Waals surface area contributed by atoms with E-state index < -0.39 is 0 Å². The van der Waals surface area contributed by atoms with E-state index in [4.69, 9.17) is 0 Å². The van der Waals surface area contributed by atoms with E-state index in [0.29, 0.717) is 17.8 Å². The third kappa shape index (κ3) is 1.95. The summed E-state index contributed by atoms with van der Waals surface area (Å²) >= 11 is 0. The van der Waals surface area contributed by atoms with Crippen molar-refractivity contribution in [3.8, 4) is 0 Å². The van der Waals surface area contributed by atoms with Gasteiger partial charge in [0, 0.05) is 13.0 Å². The van der Waals surface area contributed by atoms with Gasteiger partial charge in [-0.3, -0.25) is 4.79 Å². The molecule has 2 atom stereocenters. The zero-order chi connectivity index (χ0) is 8.43. The minimum atomic E-state index is 0.225. The molecule has 0 aromatic heterocycles. The minimum Gasteiger partial charge on any atom is -0.356 e. The maximum absolute atomic E-state index is 10.9. The SMILES string of the molecule is CC(C)C(C)[C@@H]1CNC(=O)C1. The molecule has 1 heterocycles. The molecule has 1 aliphatic heterocycles. The van der Waals surface area contributed by atoms with E-state index in [1.165, 1.54) is 0 Å². The molecule has 1 amide bonds. The molecular weight excluding hydrogens is 138 g/mol. The number of carbonyl (C=O) groups is 1. The van der Waals surface area contributed by atoms with Crippen LogP contribution in [0.3, 0.4) is 0 Å². The van der Waals surface area contributed by atoms with Crippen LogP contribution in [0.1, 0.15) is 27.2 Å². The van der Waals surface area contributed by atoms with Crippen LogP contribution in [-0.4, -0.2) is 12.5 Å². The third-order valence-electron chi connectivity index (χ3n) is 2.80. The quantitative estimate of drug-likeness (QED) is 0.642. The van der Waals surface area contributed by atoms with Gasteiger partial charge in [-0.25, -0.2) is 0 Å². The Balaban J connectivity index is 2.43. The molecule has 1 saturated heterocycles. The fourth-order valence-electron chi connectivity index (χ4n) is 1.54. The molecule has 64 valence electrons. The van der Waals surface area contributed by atoms with E-state index in [1.807, 2.05) is 0 Å². The van der Waals surface area contributed by atoms with Gasteiger partial charge in [-0.2, -0.15) is 0 Å². The Labute approximate surface area is 68.4 Å². The van der Waals surface area contributed by atoms with Crippen LogP contribution in [0.5, 0.6) is 0 Å². The minimum absolute atomic E-state index is 0.225. The number of nitrogens with one attached hydrogen (secondary N) is 1. The molecule has 1 rings (SSSR count). The van der Waals surface area contributed by atoms with Gasteiger partial charge in [0.25, 0.3) is 0 Å². The second-order valence-corrected chi connectivity index (χ2v) is 3.87. The van der Waals surface area contributed by atoms with E-state index >= 15 is 0 Å². The van der Waals surface area contributed by atoms with Crippen molar-refractivity contribution in [2.75, 3.05) is 6.54 Å². The smallest absolute Gasteiger partial charge is 0.220 e. The van der Waals surface area contributed by atoms with Gasteiger partial charge in [0.1, 0.15) is 0 Å². The lowest BCUT2D eigenvalue weighted by molar-refractivity contribution is -0.119. The van der Waals surface area contributed by atoms with Crippen LogP contribution in [0.25, 0.3) is 0 Å². The monoisotopic (exact) mass is 155 g/mol. The lowest BCUT2D eigenvalue weighted by atomic mass is 9.84. The van der Waals surface area contributed by atoms with Crippen molar-refractivity contribution in [1.82, 2.24) is 5.32 Å². The Kier molecular flexibility index (Phi) is 2.53. The fraction of sp³-hybridized carbons (Fsp3) is 0.889. The van der Waals surface area contributed by atoms with Crippen molar-refractivity contribution < 1.29 is 4.79 Å². The van der Waals surface area contributed by atoms with Gasteiger partial charge in [0.2, 0.25) is 5.91 Å². The van der Waals surface area contributed by atoms with Gasteiger partial charge >= 0.3 is 0 Å². The van der Waals surface area contributed by atoms with Gasteiger partial charge in [-0.05, 0) is 17.8 Å². The van der Waals surface area contributed by atoms with Crippen LogP contribution in [0.2, 0.25) is 0 Å². The predicted molar refractivity (Wildman–Crippen MR) is 45.1 cm³/mol. The number of hydrogen-bond acceptors (Lipinski definition) is 1. The highest BCUT2D eigenvalue weighted by molar-refractivity contribution is 5.78. The molecule has 2 heteroatoms. The molecule has 1 N–H and O–H groups in total. The van der Waals surface area contributed by atoms with Crippen LogP contribution < -0.4 is 5.32 Å². The molecule has 0 saturated carbocycles. The van der Waals surface area contributed by atoms with E-state index in [2.05, 4.69) is 26.1 Å². The summed E-state index contributed by atoms with van der Waals surface area (Å²) in [5, 5.41) is 2.87. The van der Waals surface area contributed by atoms with Gasteiger partial charge < -0.3 is 5.32 Å². The second kappa shape index (κ2) is 3.24. The Morgan fingerprint density at radius 2 is 2.09 bits per heavy atom. The Hall–Kier alpha value is -0.530. The topological polar surface area (TPSA) is 29.1 Å². The summed E-state index contributed by atoms with van der Waals surface area (Å²) in [5.74, 6) is 2.15. The maximum Gasteiger partial charge on any atom is 0.220 e. The van der Waals surface area contributed by atoms with E-state index in [0.717, 1.165) is 13.0 Å². The van der Waals surface area contributed by atoms with Crippen LogP contribution in [0.4, 0.5) is 0 Å². The average molecular weight is 155 g/mol. The number of amides is 1. The van der Waals surface area contributed by atoms with Crippen molar-refractivity contribution in [2.24, 2.45) is 17.8 Å². The molecule has 2 nitrogen and oxygen atoms in total. The molecule has 1 unspecified atom stereocenters. The van der Waals surface area contributed by atoms with Crippen LogP contribution in [0.15, 0.2) is 0 Å². The highest BCUT2D eigenvalue weighted by Gasteiger charge is 2.27. The maximum atomic E-state index is 10.9. The van der Waals surface area contributed by atoms with Crippen LogP contribution >= 0.6 is 0 Å². The van der Waals surface area contributed by atoms with E-state index in [-0.39, 0.29) is 5.91 Å². The molecule has 1 aliphatic rings. The normalized spacial score (nSPS) is 27.3. The third-order valence-corrected chi connectivity index (χ3v) is 2.80. The summed E-state index contributed by atoms with van der Waals surface area (Å²) in [6.45, 7) is 7.55. The lowest BCUT2D eigenvalue weighted by Crippen LogP contribution is -2.19. The Morgan fingerprint density at radius 3 is 2.45 bits per heavy atom. The summed E-state index contributed by atoms with van der Waals surface area (Å²) in [6.07, 6.45) is 0.735. The van der Waals surface area contributed by atoms with Gasteiger partial charge in [0.15, 0.2) is 0 Å². The summed E-state index contributed by atoms with van der Waals surface area (Å²) in [6, 6.07) is 0. The number of hydrogen-bond donors (Lipinski definition) is 1. The first-order valence-corrected chi connectivity index (χ1v) is 4.38. The molecular formula is C9H17NO. The van der Waals surface area contributed by atoms with Gasteiger partial charge in [-0.1, -0.05) is 20.8 Å². The largest absolute Gasteiger partial charge is 0.356 e. The van der Waals surface area contributed by atoms with Crippen molar-refractivity contribution >= 4 is 5.91 Å². The summed E-state index contributed by atoms with van der Waals surface area (Å²) in [7, 11) is 0. The summed E-state index contributed by atoms with van der Waals surface area (Å²) in [5.41, 5.74) is 0. The Bertz CT molecular complexity index is 154. The van der Waals surface area contributed by atoms with Crippen molar-refractivity contribution in [1.29, 1.82) is 0 Å². The lowest BCUT2D eigenvalue weighted by Gasteiger charge is -2.20. The zero-order valence-corrected chi connectivity index (χ0v) is 7.55. The zero-order valence-electron chi connectivity index (χ0n) is 7.55. The molecule has 0 spiro atoms. The first kappa shape index (κ1) is 8.57. The van der Waals surface area contributed by atoms with Crippen molar-refractivity contribution in [2.45, 2.75) is 27.2 Å². The van der Waals surface area contributed by atoms with Crippen molar-refractivity contribution in [3.05, 3.63) is 0 Å². The highest BCUT2D eigenvalue weighted by Crippen LogP contribution is 2.25. The fourth-order valence-corrected chi connectivity index (χ4v) is 1.54. The number of rotatable bonds is 2. The molecule has 11 heavy (non-hydrogen) atoms. The second-order valence-electron chi connectivity index (χ2n) is 3.87. The molecule has 0 aliphatic carbocycles. The average Bonchev–Trinajstić information content (AvgIpc) is 2.34. The number of carbonyl (C=O) groups excluding carboxylic acids is 1.